The standard InChI is InChI=1S/C53H34N2O/c1-3-13-38(14-4-1)48-34-49(39-15-5-2-6-16-39)55-52(54-48)40-29-27-36(28-30-40)35-23-25-37(26-24-35)41-31-32-51-47(33-41)53(46-21-11-12-22-50(46)56-51)44-19-9-7-17-42(44)43-18-8-10-20-45(43)53/h1-34H. The van der Waals surface area contributed by atoms with Gasteiger partial charge in [-0.2, -0.15) is 0 Å². The molecule has 0 unspecified atom stereocenters. The number of fused-ring (bicyclic) bond motifs is 9. The maximum atomic E-state index is 6.65. The molecule has 56 heavy (non-hydrogen) atoms. The molecule has 1 aliphatic carbocycles. The Bertz CT molecular complexity index is 2810. The van der Waals surface area contributed by atoms with E-state index < -0.39 is 5.41 Å². The first-order chi connectivity index (χ1) is 27.7. The fraction of sp³-hybridized carbons (Fsp3) is 0.0189. The molecule has 1 aliphatic heterocycles. The Morgan fingerprint density at radius 3 is 1.30 bits per heavy atom. The summed E-state index contributed by atoms with van der Waals surface area (Å²) in [4.78, 5) is 10.0. The van der Waals surface area contributed by atoms with Gasteiger partial charge in [-0.05, 0) is 68.8 Å². The van der Waals surface area contributed by atoms with Crippen LogP contribution in [0.3, 0.4) is 0 Å². The van der Waals surface area contributed by atoms with Crippen molar-refractivity contribution in [3.63, 3.8) is 0 Å². The highest BCUT2D eigenvalue weighted by atomic mass is 16.5. The third kappa shape index (κ3) is 5.05. The highest BCUT2D eigenvalue weighted by Gasteiger charge is 2.50. The van der Waals surface area contributed by atoms with E-state index in [9.17, 15) is 0 Å². The van der Waals surface area contributed by atoms with E-state index in [4.69, 9.17) is 14.7 Å². The average Bonchev–Trinajstić information content (AvgIpc) is 3.57. The maximum Gasteiger partial charge on any atom is 0.160 e. The monoisotopic (exact) mass is 714 g/mol. The van der Waals surface area contributed by atoms with Crippen LogP contribution in [0.4, 0.5) is 0 Å². The molecule has 2 heterocycles. The molecule has 1 aromatic heterocycles. The van der Waals surface area contributed by atoms with E-state index in [-0.39, 0.29) is 0 Å². The fourth-order valence-electron chi connectivity index (χ4n) is 8.79. The predicted molar refractivity (Wildman–Crippen MR) is 227 cm³/mol. The third-order valence-corrected chi connectivity index (χ3v) is 11.4. The van der Waals surface area contributed by atoms with Gasteiger partial charge in [-0.3, -0.25) is 0 Å². The number of benzene rings is 8. The molecular weight excluding hydrogens is 681 g/mol. The van der Waals surface area contributed by atoms with Crippen LogP contribution in [0.1, 0.15) is 22.3 Å². The molecule has 0 fully saturated rings. The van der Waals surface area contributed by atoms with Crippen molar-refractivity contribution in [3.8, 4) is 78.8 Å². The Hall–Kier alpha value is -7.36. The number of aromatic nitrogens is 2. The van der Waals surface area contributed by atoms with Gasteiger partial charge >= 0.3 is 0 Å². The minimum Gasteiger partial charge on any atom is -0.457 e. The number of nitrogens with zero attached hydrogens (tertiary/aromatic N) is 2. The van der Waals surface area contributed by atoms with Gasteiger partial charge in [-0.25, -0.2) is 9.97 Å². The van der Waals surface area contributed by atoms with Crippen LogP contribution in [0.15, 0.2) is 206 Å². The highest BCUT2D eigenvalue weighted by molar-refractivity contribution is 5.89. The second-order valence-corrected chi connectivity index (χ2v) is 14.5. The largest absolute Gasteiger partial charge is 0.457 e. The molecule has 11 rings (SSSR count). The van der Waals surface area contributed by atoms with E-state index in [1.807, 2.05) is 36.4 Å². The molecule has 2 aliphatic rings. The zero-order valence-corrected chi connectivity index (χ0v) is 30.4. The summed E-state index contributed by atoms with van der Waals surface area (Å²) in [6.07, 6.45) is 0. The number of para-hydroxylation sites is 1. The lowest BCUT2D eigenvalue weighted by atomic mass is 9.66. The summed E-state index contributed by atoms with van der Waals surface area (Å²) >= 11 is 0. The van der Waals surface area contributed by atoms with Crippen LogP contribution in [0.5, 0.6) is 11.5 Å². The summed E-state index contributed by atoms with van der Waals surface area (Å²) in [5.41, 5.74) is 16.5. The summed E-state index contributed by atoms with van der Waals surface area (Å²) in [6.45, 7) is 0. The summed E-state index contributed by atoms with van der Waals surface area (Å²) in [6, 6.07) is 73.1. The lowest BCUT2D eigenvalue weighted by Gasteiger charge is -2.39. The molecule has 0 bridgehead atoms. The molecule has 3 nitrogen and oxygen atoms in total. The van der Waals surface area contributed by atoms with Crippen LogP contribution in [0.25, 0.3) is 67.3 Å². The zero-order chi connectivity index (χ0) is 37.1. The first-order valence-electron chi connectivity index (χ1n) is 19.1. The molecule has 0 radical (unpaired) electrons. The topological polar surface area (TPSA) is 35.0 Å². The average molecular weight is 715 g/mol. The SMILES string of the molecule is c1ccc(-c2cc(-c3ccccc3)nc(-c3ccc(-c4ccc(-c5ccc6c(c5)C5(c7ccccc7O6)c6ccccc6-c6ccccc65)cc4)cc3)n2)cc1. The van der Waals surface area contributed by atoms with Crippen LogP contribution in [-0.4, -0.2) is 9.97 Å². The number of hydrogen-bond donors (Lipinski definition) is 0. The van der Waals surface area contributed by atoms with Crippen molar-refractivity contribution < 1.29 is 4.74 Å². The summed E-state index contributed by atoms with van der Waals surface area (Å²) in [5, 5.41) is 0. The summed E-state index contributed by atoms with van der Waals surface area (Å²) in [7, 11) is 0. The van der Waals surface area contributed by atoms with E-state index in [1.54, 1.807) is 0 Å². The van der Waals surface area contributed by atoms with Gasteiger partial charge < -0.3 is 4.74 Å². The molecule has 9 aromatic rings. The molecule has 0 saturated heterocycles. The van der Waals surface area contributed by atoms with Crippen LogP contribution in [0, 0.1) is 0 Å². The minimum absolute atomic E-state index is 0.485. The lowest BCUT2D eigenvalue weighted by Crippen LogP contribution is -2.32. The van der Waals surface area contributed by atoms with Crippen molar-refractivity contribution in [1.29, 1.82) is 0 Å². The molecule has 0 atom stereocenters. The Balaban J connectivity index is 0.950. The van der Waals surface area contributed by atoms with Gasteiger partial charge in [0, 0.05) is 27.8 Å². The van der Waals surface area contributed by atoms with Gasteiger partial charge in [0.25, 0.3) is 0 Å². The first kappa shape index (κ1) is 32.1. The second kappa shape index (κ2) is 12.9. The van der Waals surface area contributed by atoms with Gasteiger partial charge in [-0.1, -0.05) is 182 Å². The predicted octanol–water partition coefficient (Wildman–Crippen LogP) is 13.3. The molecule has 262 valence electrons. The third-order valence-electron chi connectivity index (χ3n) is 11.4. The van der Waals surface area contributed by atoms with Crippen molar-refractivity contribution in [2.75, 3.05) is 0 Å². The van der Waals surface area contributed by atoms with E-state index >= 15 is 0 Å². The number of ether oxygens (including phenoxy) is 1. The Morgan fingerprint density at radius 1 is 0.304 bits per heavy atom. The van der Waals surface area contributed by atoms with Gasteiger partial charge in [0.05, 0.1) is 16.8 Å². The Kier molecular flexibility index (Phi) is 7.39. The van der Waals surface area contributed by atoms with Crippen molar-refractivity contribution in [1.82, 2.24) is 9.97 Å². The van der Waals surface area contributed by atoms with Crippen molar-refractivity contribution >= 4 is 0 Å². The van der Waals surface area contributed by atoms with Gasteiger partial charge in [0.1, 0.15) is 11.5 Å². The molecule has 0 saturated carbocycles. The normalized spacial score (nSPS) is 12.9. The Labute approximate surface area is 326 Å². The van der Waals surface area contributed by atoms with E-state index in [0.717, 1.165) is 61.8 Å². The fourth-order valence-corrected chi connectivity index (χ4v) is 8.79. The number of rotatable bonds is 5. The zero-order valence-electron chi connectivity index (χ0n) is 30.4. The smallest absolute Gasteiger partial charge is 0.160 e. The molecule has 0 amide bonds. The number of hydrogen-bond acceptors (Lipinski definition) is 3. The molecule has 3 heteroatoms. The first-order valence-corrected chi connectivity index (χ1v) is 19.1. The highest BCUT2D eigenvalue weighted by Crippen LogP contribution is 2.62. The van der Waals surface area contributed by atoms with E-state index in [0.29, 0.717) is 5.82 Å². The van der Waals surface area contributed by atoms with Crippen LogP contribution < -0.4 is 4.74 Å². The van der Waals surface area contributed by atoms with Crippen molar-refractivity contribution in [3.05, 3.63) is 229 Å². The van der Waals surface area contributed by atoms with Crippen LogP contribution in [-0.2, 0) is 5.41 Å². The maximum absolute atomic E-state index is 6.65. The lowest BCUT2D eigenvalue weighted by molar-refractivity contribution is 0.436. The van der Waals surface area contributed by atoms with Gasteiger partial charge in [0.2, 0.25) is 0 Å². The van der Waals surface area contributed by atoms with Gasteiger partial charge in [-0.15, -0.1) is 0 Å². The second-order valence-electron chi connectivity index (χ2n) is 14.5. The molecule has 8 aromatic carbocycles. The van der Waals surface area contributed by atoms with Crippen molar-refractivity contribution in [2.45, 2.75) is 5.41 Å². The molecule has 1 spiro atoms. The van der Waals surface area contributed by atoms with E-state index in [1.165, 1.54) is 33.4 Å². The Morgan fingerprint density at radius 2 is 0.732 bits per heavy atom. The van der Waals surface area contributed by atoms with Gasteiger partial charge in [0.15, 0.2) is 5.82 Å². The minimum atomic E-state index is -0.485. The van der Waals surface area contributed by atoms with Crippen LogP contribution in [0.2, 0.25) is 0 Å². The molecule has 0 N–H and O–H groups in total. The van der Waals surface area contributed by atoms with E-state index in [2.05, 4.69) is 170 Å². The summed E-state index contributed by atoms with van der Waals surface area (Å²) < 4.78 is 6.65. The summed E-state index contributed by atoms with van der Waals surface area (Å²) in [5.74, 6) is 2.50. The quantitative estimate of drug-likeness (QED) is 0.178. The van der Waals surface area contributed by atoms with Crippen molar-refractivity contribution in [2.24, 2.45) is 0 Å². The molecular formula is C53H34N2O. The van der Waals surface area contributed by atoms with Crippen LogP contribution >= 0.6 is 0 Å².